The van der Waals surface area contributed by atoms with Crippen LogP contribution in [0.4, 0.5) is 5.69 Å². The van der Waals surface area contributed by atoms with Crippen molar-refractivity contribution < 1.29 is 9.53 Å². The molecule has 3 aromatic rings. The fourth-order valence-electron chi connectivity index (χ4n) is 2.58. The first-order chi connectivity index (χ1) is 13.6. The normalized spacial score (nSPS) is 11.6. The zero-order valence-corrected chi connectivity index (χ0v) is 16.5. The largest absolute Gasteiger partial charge is 0.495 e. The first kappa shape index (κ1) is 19.6. The number of allylic oxidation sites excluding steroid dienone is 1. The van der Waals surface area contributed by atoms with Crippen molar-refractivity contribution in [2.24, 2.45) is 0 Å². The number of para-hydroxylation sites is 2. The number of benzene rings is 1. The second-order valence-corrected chi connectivity index (χ2v) is 7.20. The number of carbonyl (C=O) groups excluding carboxylic acids is 1. The molecule has 0 bridgehead atoms. The number of hydrogen-bond donors (Lipinski definition) is 1. The summed E-state index contributed by atoms with van der Waals surface area (Å²) in [7, 11) is 1.57. The quantitative estimate of drug-likeness (QED) is 0.463. The highest BCUT2D eigenvalue weighted by Gasteiger charge is 2.21. The predicted molar refractivity (Wildman–Crippen MR) is 110 cm³/mol. The van der Waals surface area contributed by atoms with Gasteiger partial charge in [0.2, 0.25) is 5.91 Å². The number of aromatic nitrogens is 4. The highest BCUT2D eigenvalue weighted by atomic mass is 32.2. The number of anilines is 1. The molecule has 0 fully saturated rings. The van der Waals surface area contributed by atoms with Crippen LogP contribution >= 0.6 is 11.8 Å². The van der Waals surface area contributed by atoms with Crippen LogP contribution in [-0.2, 0) is 11.3 Å². The average molecular weight is 395 g/mol. The lowest BCUT2D eigenvalue weighted by Crippen LogP contribution is -2.23. The van der Waals surface area contributed by atoms with Crippen LogP contribution in [0.1, 0.15) is 6.92 Å². The monoisotopic (exact) mass is 395 g/mol. The molecule has 1 amide bonds. The van der Waals surface area contributed by atoms with Crippen LogP contribution < -0.4 is 10.1 Å². The first-order valence-electron chi connectivity index (χ1n) is 8.69. The summed E-state index contributed by atoms with van der Waals surface area (Å²) >= 11 is 1.34. The van der Waals surface area contributed by atoms with Gasteiger partial charge in [0, 0.05) is 24.5 Å². The number of nitrogens with one attached hydrogen (secondary N) is 1. The number of nitrogens with zero attached hydrogens (tertiary/aromatic N) is 4. The van der Waals surface area contributed by atoms with Crippen LogP contribution in [0.2, 0.25) is 0 Å². The van der Waals surface area contributed by atoms with Gasteiger partial charge in [-0.25, -0.2) is 0 Å². The van der Waals surface area contributed by atoms with E-state index in [4.69, 9.17) is 4.74 Å². The molecule has 0 aliphatic heterocycles. The second-order valence-electron chi connectivity index (χ2n) is 5.89. The average Bonchev–Trinajstić information content (AvgIpc) is 3.11. The molecule has 0 aliphatic carbocycles. The summed E-state index contributed by atoms with van der Waals surface area (Å²) in [5.41, 5.74) is 1.54. The Morgan fingerprint density at radius 1 is 1.29 bits per heavy atom. The van der Waals surface area contributed by atoms with E-state index in [1.165, 1.54) is 11.8 Å². The van der Waals surface area contributed by atoms with E-state index >= 15 is 0 Å². The number of thioether (sulfide) groups is 1. The topological polar surface area (TPSA) is 81.9 Å². The summed E-state index contributed by atoms with van der Waals surface area (Å²) in [6.07, 6.45) is 5.19. The van der Waals surface area contributed by atoms with Crippen LogP contribution in [0.15, 0.2) is 66.6 Å². The number of rotatable bonds is 8. The van der Waals surface area contributed by atoms with E-state index < -0.39 is 0 Å². The Hall–Kier alpha value is -3.13. The Morgan fingerprint density at radius 2 is 2.04 bits per heavy atom. The Balaban J connectivity index is 1.78. The minimum absolute atomic E-state index is 0.145. The van der Waals surface area contributed by atoms with Crippen LogP contribution in [-0.4, -0.2) is 38.0 Å². The molecule has 0 unspecified atom stereocenters. The maximum Gasteiger partial charge on any atom is 0.237 e. The molecule has 0 aliphatic rings. The van der Waals surface area contributed by atoms with E-state index in [1.54, 1.807) is 37.7 Å². The Bertz CT molecular complexity index is 958. The van der Waals surface area contributed by atoms with Gasteiger partial charge >= 0.3 is 0 Å². The Morgan fingerprint density at radius 3 is 2.75 bits per heavy atom. The van der Waals surface area contributed by atoms with Gasteiger partial charge in [-0.1, -0.05) is 30.0 Å². The Labute approximate surface area is 167 Å². The van der Waals surface area contributed by atoms with E-state index in [9.17, 15) is 4.79 Å². The van der Waals surface area contributed by atoms with Gasteiger partial charge in [0.05, 0.1) is 18.0 Å². The molecule has 2 heterocycles. The lowest BCUT2D eigenvalue weighted by molar-refractivity contribution is -0.115. The fraction of sp³-hybridized carbons (Fsp3) is 0.200. The number of pyridine rings is 1. The van der Waals surface area contributed by atoms with Crippen molar-refractivity contribution >= 4 is 23.4 Å². The maximum atomic E-state index is 12.7. The van der Waals surface area contributed by atoms with Crippen molar-refractivity contribution in [3.63, 3.8) is 0 Å². The van der Waals surface area contributed by atoms with Crippen molar-refractivity contribution in [1.82, 2.24) is 19.7 Å². The van der Waals surface area contributed by atoms with Crippen molar-refractivity contribution in [3.05, 3.63) is 61.4 Å². The van der Waals surface area contributed by atoms with Gasteiger partial charge < -0.3 is 10.1 Å². The number of hydrogen-bond acceptors (Lipinski definition) is 6. The van der Waals surface area contributed by atoms with Crippen molar-refractivity contribution in [3.8, 4) is 17.1 Å². The molecule has 1 atom stereocenters. The molecule has 3 rings (SSSR count). The predicted octanol–water partition coefficient (Wildman–Crippen LogP) is 3.65. The van der Waals surface area contributed by atoms with Crippen molar-refractivity contribution in [1.29, 1.82) is 0 Å². The van der Waals surface area contributed by atoms with Crippen molar-refractivity contribution in [2.45, 2.75) is 23.9 Å². The van der Waals surface area contributed by atoms with Gasteiger partial charge in [-0.15, -0.1) is 16.8 Å². The summed E-state index contributed by atoms with van der Waals surface area (Å²) in [5.74, 6) is 1.18. The maximum absolute atomic E-state index is 12.7. The van der Waals surface area contributed by atoms with E-state index in [0.717, 1.165) is 5.56 Å². The summed E-state index contributed by atoms with van der Waals surface area (Å²) in [6, 6.07) is 11.0. The zero-order valence-electron chi connectivity index (χ0n) is 15.7. The van der Waals surface area contributed by atoms with Gasteiger partial charge in [-0.05, 0) is 31.2 Å². The third kappa shape index (κ3) is 4.40. The molecule has 0 radical (unpaired) electrons. The van der Waals surface area contributed by atoms with E-state index in [1.807, 2.05) is 35.8 Å². The van der Waals surface area contributed by atoms with Gasteiger partial charge in [0.1, 0.15) is 5.75 Å². The third-order valence-electron chi connectivity index (χ3n) is 3.98. The highest BCUT2D eigenvalue weighted by Crippen LogP contribution is 2.29. The van der Waals surface area contributed by atoms with Crippen LogP contribution in [0.3, 0.4) is 0 Å². The van der Waals surface area contributed by atoms with E-state index in [2.05, 4.69) is 27.1 Å². The minimum Gasteiger partial charge on any atom is -0.495 e. The summed E-state index contributed by atoms with van der Waals surface area (Å²) in [6.45, 7) is 6.17. The molecule has 1 aromatic carbocycles. The molecule has 0 saturated heterocycles. The van der Waals surface area contributed by atoms with E-state index in [0.29, 0.717) is 29.0 Å². The standard InChI is InChI=1S/C20H21N5O2S/c1-4-13-25-18(15-9-11-21-12-10-15)23-24-20(25)28-14(2)19(26)22-16-7-5-6-8-17(16)27-3/h4-12,14H,1,13H2,2-3H3,(H,22,26)/t14-/m1/s1. The fourth-order valence-corrected chi connectivity index (χ4v) is 3.44. The van der Waals surface area contributed by atoms with Gasteiger partial charge in [0.25, 0.3) is 0 Å². The molecule has 8 heteroatoms. The highest BCUT2D eigenvalue weighted by molar-refractivity contribution is 8.00. The van der Waals surface area contributed by atoms with E-state index in [-0.39, 0.29) is 11.2 Å². The van der Waals surface area contributed by atoms with Gasteiger partial charge in [-0.3, -0.25) is 14.3 Å². The number of ether oxygens (including phenoxy) is 1. The minimum atomic E-state index is -0.386. The lowest BCUT2D eigenvalue weighted by atomic mass is 10.2. The third-order valence-corrected chi connectivity index (χ3v) is 5.06. The summed E-state index contributed by atoms with van der Waals surface area (Å²) in [4.78, 5) is 16.7. The molecular formula is C20H21N5O2S. The molecule has 0 saturated carbocycles. The summed E-state index contributed by atoms with van der Waals surface area (Å²) in [5, 5.41) is 11.7. The molecule has 28 heavy (non-hydrogen) atoms. The van der Waals surface area contributed by atoms with Gasteiger partial charge in [0.15, 0.2) is 11.0 Å². The zero-order chi connectivity index (χ0) is 19.9. The molecule has 144 valence electrons. The van der Waals surface area contributed by atoms with Crippen molar-refractivity contribution in [2.75, 3.05) is 12.4 Å². The van der Waals surface area contributed by atoms with Crippen LogP contribution in [0.25, 0.3) is 11.4 Å². The molecule has 7 nitrogen and oxygen atoms in total. The molecular weight excluding hydrogens is 374 g/mol. The molecule has 0 spiro atoms. The summed E-state index contributed by atoms with van der Waals surface area (Å²) < 4.78 is 7.21. The molecule has 2 aromatic heterocycles. The number of methoxy groups -OCH3 is 1. The Kier molecular flexibility index (Phi) is 6.44. The van der Waals surface area contributed by atoms with Crippen LogP contribution in [0.5, 0.6) is 5.75 Å². The lowest BCUT2D eigenvalue weighted by Gasteiger charge is -2.14. The number of amides is 1. The van der Waals surface area contributed by atoms with Crippen LogP contribution in [0, 0.1) is 0 Å². The first-order valence-corrected chi connectivity index (χ1v) is 9.57. The second kappa shape index (κ2) is 9.18. The molecule has 1 N–H and O–H groups in total. The number of carbonyl (C=O) groups is 1. The van der Waals surface area contributed by atoms with Gasteiger partial charge in [-0.2, -0.15) is 0 Å². The SMILES string of the molecule is C=CCn1c(S[C@H](C)C(=O)Nc2ccccc2OC)nnc1-c1ccncc1. The smallest absolute Gasteiger partial charge is 0.237 e.